The predicted molar refractivity (Wildman–Crippen MR) is 89.6 cm³/mol. The van der Waals surface area contributed by atoms with E-state index in [2.05, 4.69) is 14.8 Å². The largest absolute Gasteiger partial charge is 0.482 e. The summed E-state index contributed by atoms with van der Waals surface area (Å²) in [6, 6.07) is 5.28. The molecule has 0 aliphatic rings. The second kappa shape index (κ2) is 11.5. The third-order valence-corrected chi connectivity index (χ3v) is 3.27. The van der Waals surface area contributed by atoms with Crippen molar-refractivity contribution in [2.75, 3.05) is 34.0 Å². The van der Waals surface area contributed by atoms with Crippen LogP contribution in [-0.2, 0) is 39.8 Å². The topological polar surface area (TPSA) is 137 Å². The number of ether oxygens (including phenoxy) is 4. The van der Waals surface area contributed by atoms with Crippen LogP contribution in [0.15, 0.2) is 24.3 Å². The summed E-state index contributed by atoms with van der Waals surface area (Å²) in [4.78, 5) is 45.6. The zero-order valence-electron chi connectivity index (χ0n) is 14.9. The highest BCUT2D eigenvalue weighted by Gasteiger charge is 2.23. The molecule has 0 aliphatic carbocycles. The molecular formula is C17H21NO9. The summed E-state index contributed by atoms with van der Waals surface area (Å²) in [6.07, 6.45) is 0.0447. The van der Waals surface area contributed by atoms with Crippen LogP contribution in [0.5, 0.6) is 5.75 Å². The quantitative estimate of drug-likeness (QED) is 0.384. The average molecular weight is 383 g/mol. The van der Waals surface area contributed by atoms with Gasteiger partial charge in [-0.05, 0) is 17.7 Å². The zero-order valence-corrected chi connectivity index (χ0v) is 14.9. The Morgan fingerprint density at radius 3 is 2.15 bits per heavy atom. The highest BCUT2D eigenvalue weighted by Crippen LogP contribution is 2.14. The number of carbonyl (C=O) groups excluding carboxylic acids is 4. The van der Waals surface area contributed by atoms with Crippen LogP contribution in [0.1, 0.15) is 5.56 Å². The van der Waals surface area contributed by atoms with Crippen LogP contribution in [-0.4, -0.2) is 69.0 Å². The summed E-state index contributed by atoms with van der Waals surface area (Å²) in [5.74, 6) is -2.49. The Bertz CT molecular complexity index is 657. The number of aliphatic hydroxyl groups is 1. The molecule has 0 saturated carbocycles. The van der Waals surface area contributed by atoms with E-state index in [4.69, 9.17) is 14.6 Å². The first kappa shape index (κ1) is 21.9. The Morgan fingerprint density at radius 2 is 1.59 bits per heavy atom. The number of hydrogen-bond donors (Lipinski definition) is 2. The smallest absolute Gasteiger partial charge is 0.344 e. The molecule has 0 fully saturated rings. The van der Waals surface area contributed by atoms with Gasteiger partial charge in [0, 0.05) is 6.42 Å². The van der Waals surface area contributed by atoms with Crippen molar-refractivity contribution in [3.05, 3.63) is 29.8 Å². The van der Waals surface area contributed by atoms with Crippen LogP contribution in [0.3, 0.4) is 0 Å². The summed E-state index contributed by atoms with van der Waals surface area (Å²) < 4.78 is 18.8. The Balaban J connectivity index is 2.73. The van der Waals surface area contributed by atoms with Gasteiger partial charge in [0.1, 0.15) is 18.4 Å². The molecule has 2 N–H and O–H groups in total. The molecule has 0 spiro atoms. The summed E-state index contributed by atoms with van der Waals surface area (Å²) in [6.45, 7) is -1.65. The first-order valence-corrected chi connectivity index (χ1v) is 7.81. The third-order valence-electron chi connectivity index (χ3n) is 3.27. The van der Waals surface area contributed by atoms with Crippen molar-refractivity contribution >= 4 is 23.8 Å². The molecule has 1 unspecified atom stereocenters. The molecule has 1 atom stereocenters. The van der Waals surface area contributed by atoms with E-state index in [1.807, 2.05) is 0 Å². The number of hydrogen-bond acceptors (Lipinski definition) is 9. The zero-order chi connectivity index (χ0) is 20.2. The highest BCUT2D eigenvalue weighted by molar-refractivity contribution is 5.86. The van der Waals surface area contributed by atoms with E-state index in [0.717, 1.165) is 7.11 Å². The van der Waals surface area contributed by atoms with Crippen LogP contribution in [0.4, 0.5) is 0 Å². The lowest BCUT2D eigenvalue weighted by atomic mass is 10.1. The molecule has 0 bridgehead atoms. The number of aliphatic hydroxyl groups excluding tert-OH is 1. The summed E-state index contributed by atoms with van der Waals surface area (Å²) in [7, 11) is 2.39. The number of benzene rings is 1. The molecule has 0 aliphatic heterocycles. The Hall–Kier alpha value is -3.14. The van der Waals surface area contributed by atoms with Gasteiger partial charge in [-0.2, -0.15) is 0 Å². The maximum absolute atomic E-state index is 12.1. The van der Waals surface area contributed by atoms with E-state index in [0.29, 0.717) is 11.3 Å². The van der Waals surface area contributed by atoms with E-state index >= 15 is 0 Å². The molecule has 1 aromatic carbocycles. The van der Waals surface area contributed by atoms with Crippen LogP contribution in [0.2, 0.25) is 0 Å². The fourth-order valence-corrected chi connectivity index (χ4v) is 1.88. The lowest BCUT2D eigenvalue weighted by Gasteiger charge is -2.17. The highest BCUT2D eigenvalue weighted by atomic mass is 16.6. The molecule has 1 amide bonds. The second-order valence-corrected chi connectivity index (χ2v) is 5.17. The summed E-state index contributed by atoms with van der Waals surface area (Å²) >= 11 is 0. The van der Waals surface area contributed by atoms with E-state index in [1.165, 1.54) is 7.11 Å². The van der Waals surface area contributed by atoms with Crippen molar-refractivity contribution in [2.45, 2.75) is 12.5 Å². The fourth-order valence-electron chi connectivity index (χ4n) is 1.88. The van der Waals surface area contributed by atoms with Gasteiger partial charge in [-0.1, -0.05) is 12.1 Å². The van der Waals surface area contributed by atoms with Crippen LogP contribution in [0, 0.1) is 0 Å². The number of methoxy groups -OCH3 is 2. The number of nitrogens with one attached hydrogen (secondary N) is 1. The normalized spacial score (nSPS) is 11.1. The van der Waals surface area contributed by atoms with Crippen molar-refractivity contribution in [1.82, 2.24) is 5.32 Å². The number of carbonyl (C=O) groups is 4. The Morgan fingerprint density at radius 1 is 1.00 bits per heavy atom. The molecule has 10 nitrogen and oxygen atoms in total. The summed E-state index contributed by atoms with van der Waals surface area (Å²) in [5, 5.41) is 11.2. The maximum atomic E-state index is 12.1. The van der Waals surface area contributed by atoms with Gasteiger partial charge < -0.3 is 29.4 Å². The minimum absolute atomic E-state index is 0.0447. The molecular weight excluding hydrogens is 362 g/mol. The van der Waals surface area contributed by atoms with E-state index in [1.54, 1.807) is 24.3 Å². The molecule has 0 heterocycles. The molecule has 0 radical (unpaired) electrons. The monoisotopic (exact) mass is 383 g/mol. The number of rotatable bonds is 10. The van der Waals surface area contributed by atoms with E-state index < -0.39 is 43.1 Å². The van der Waals surface area contributed by atoms with Crippen LogP contribution >= 0.6 is 0 Å². The lowest BCUT2D eigenvalue weighted by Crippen LogP contribution is -2.45. The predicted octanol–water partition coefficient (Wildman–Crippen LogP) is -1.03. The second-order valence-electron chi connectivity index (χ2n) is 5.17. The fraction of sp³-hybridized carbons (Fsp3) is 0.412. The number of amides is 1. The molecule has 1 aromatic rings. The van der Waals surface area contributed by atoms with Crippen LogP contribution in [0.25, 0.3) is 0 Å². The van der Waals surface area contributed by atoms with Gasteiger partial charge in [0.2, 0.25) is 5.91 Å². The van der Waals surface area contributed by atoms with Gasteiger partial charge in [0.15, 0.2) is 13.2 Å². The molecule has 0 aromatic heterocycles. The van der Waals surface area contributed by atoms with E-state index in [9.17, 15) is 19.2 Å². The minimum atomic E-state index is -1.11. The van der Waals surface area contributed by atoms with Crippen molar-refractivity contribution in [3.63, 3.8) is 0 Å². The number of esters is 3. The molecule has 1 rings (SSSR count). The third kappa shape index (κ3) is 8.19. The Labute approximate surface area is 155 Å². The van der Waals surface area contributed by atoms with Gasteiger partial charge >= 0.3 is 17.9 Å². The van der Waals surface area contributed by atoms with Gasteiger partial charge in [-0.25, -0.2) is 14.4 Å². The first-order valence-electron chi connectivity index (χ1n) is 7.81. The van der Waals surface area contributed by atoms with Crippen LogP contribution < -0.4 is 10.1 Å². The SMILES string of the molecule is COC(=O)COC(=O)C(Cc1ccc(OCC(=O)OC)cc1)NC(=O)CO. The molecule has 27 heavy (non-hydrogen) atoms. The maximum Gasteiger partial charge on any atom is 0.344 e. The average Bonchev–Trinajstić information content (AvgIpc) is 2.69. The van der Waals surface area contributed by atoms with Crippen molar-refractivity contribution in [2.24, 2.45) is 0 Å². The molecule has 148 valence electrons. The minimum Gasteiger partial charge on any atom is -0.482 e. The van der Waals surface area contributed by atoms with E-state index in [-0.39, 0.29) is 13.0 Å². The first-order chi connectivity index (χ1) is 12.9. The molecule has 0 saturated heterocycles. The van der Waals surface area contributed by atoms with Gasteiger partial charge in [0.25, 0.3) is 0 Å². The van der Waals surface area contributed by atoms with Gasteiger partial charge in [-0.3, -0.25) is 4.79 Å². The molecule has 10 heteroatoms. The van der Waals surface area contributed by atoms with Crippen molar-refractivity contribution in [3.8, 4) is 5.75 Å². The Kier molecular flexibility index (Phi) is 9.30. The summed E-state index contributed by atoms with van der Waals surface area (Å²) in [5.41, 5.74) is 0.638. The van der Waals surface area contributed by atoms with Crippen molar-refractivity contribution < 1.29 is 43.2 Å². The lowest BCUT2D eigenvalue weighted by molar-refractivity contribution is -0.158. The van der Waals surface area contributed by atoms with Gasteiger partial charge in [-0.15, -0.1) is 0 Å². The van der Waals surface area contributed by atoms with Crippen molar-refractivity contribution in [1.29, 1.82) is 0 Å². The standard InChI is InChI=1S/C17H21NO9/c1-24-15(21)9-26-12-5-3-11(4-6-12)7-13(18-14(20)8-19)17(23)27-10-16(22)25-2/h3-6,13,19H,7-10H2,1-2H3,(H,18,20). The van der Waals surface area contributed by atoms with Gasteiger partial charge in [0.05, 0.1) is 14.2 Å².